The Kier molecular flexibility index (Phi) is 4.47. The van der Waals surface area contributed by atoms with E-state index in [0.717, 1.165) is 0 Å². The summed E-state index contributed by atoms with van der Waals surface area (Å²) in [6.45, 7) is 0.677. The third-order valence-electron chi connectivity index (χ3n) is 3.37. The standard InChI is InChI=1S/C14H14ClFN2O3/c15-10-5-8(1-2-11(10)16)7-18-4-3-9(6-12(18)19)13(17)14(20)21/h1-2,5H,3-4,6-7,17H2,(H,20,21)/b13-9-. The summed E-state index contributed by atoms with van der Waals surface area (Å²) < 4.78 is 13.1. The van der Waals surface area contributed by atoms with E-state index in [1.807, 2.05) is 0 Å². The fourth-order valence-corrected chi connectivity index (χ4v) is 2.39. The average Bonchev–Trinajstić information content (AvgIpc) is 2.44. The summed E-state index contributed by atoms with van der Waals surface area (Å²) in [4.78, 5) is 24.4. The molecular formula is C14H14ClFN2O3. The molecule has 0 unspecified atom stereocenters. The molecule has 112 valence electrons. The first-order valence-electron chi connectivity index (χ1n) is 6.31. The van der Waals surface area contributed by atoms with Gasteiger partial charge in [0, 0.05) is 13.1 Å². The van der Waals surface area contributed by atoms with Crippen molar-refractivity contribution < 1.29 is 19.1 Å². The molecule has 1 saturated heterocycles. The summed E-state index contributed by atoms with van der Waals surface area (Å²) >= 11 is 5.70. The van der Waals surface area contributed by atoms with Gasteiger partial charge in [-0.05, 0) is 29.7 Å². The maximum absolute atomic E-state index is 13.1. The Balaban J connectivity index is 2.07. The summed E-state index contributed by atoms with van der Waals surface area (Å²) in [7, 11) is 0. The Morgan fingerprint density at radius 3 is 2.76 bits per heavy atom. The number of carboxylic acid groups (broad SMARTS) is 1. The molecule has 0 aromatic heterocycles. The predicted octanol–water partition coefficient (Wildman–Crippen LogP) is 1.90. The van der Waals surface area contributed by atoms with Gasteiger partial charge < -0.3 is 15.7 Å². The number of nitrogens with two attached hydrogens (primary N) is 1. The molecule has 1 heterocycles. The van der Waals surface area contributed by atoms with E-state index in [1.165, 1.54) is 12.1 Å². The molecule has 1 aliphatic rings. The van der Waals surface area contributed by atoms with Crippen molar-refractivity contribution in [2.45, 2.75) is 19.4 Å². The largest absolute Gasteiger partial charge is 0.477 e. The van der Waals surface area contributed by atoms with Gasteiger partial charge in [0.1, 0.15) is 11.5 Å². The Morgan fingerprint density at radius 2 is 2.19 bits per heavy atom. The molecule has 1 amide bonds. The fourth-order valence-electron chi connectivity index (χ4n) is 2.18. The van der Waals surface area contributed by atoms with Gasteiger partial charge in [0.2, 0.25) is 5.91 Å². The third-order valence-corrected chi connectivity index (χ3v) is 3.66. The molecule has 7 heteroatoms. The second kappa shape index (κ2) is 6.13. The van der Waals surface area contributed by atoms with Gasteiger partial charge in [-0.2, -0.15) is 0 Å². The number of carbonyl (C=O) groups excluding carboxylic acids is 1. The number of hydrogen-bond donors (Lipinski definition) is 2. The zero-order chi connectivity index (χ0) is 15.6. The van der Waals surface area contributed by atoms with Gasteiger partial charge in [0.05, 0.1) is 11.4 Å². The number of aliphatic carboxylic acids is 1. The molecule has 0 spiro atoms. The van der Waals surface area contributed by atoms with E-state index in [9.17, 15) is 14.0 Å². The molecule has 0 aliphatic carbocycles. The van der Waals surface area contributed by atoms with Crippen LogP contribution in [-0.2, 0) is 16.1 Å². The number of halogens is 2. The van der Waals surface area contributed by atoms with E-state index < -0.39 is 11.8 Å². The zero-order valence-electron chi connectivity index (χ0n) is 11.1. The van der Waals surface area contributed by atoms with Gasteiger partial charge in [0.15, 0.2) is 0 Å². The molecule has 1 aliphatic heterocycles. The highest BCUT2D eigenvalue weighted by Gasteiger charge is 2.25. The fraction of sp³-hybridized carbons (Fsp3) is 0.286. The maximum atomic E-state index is 13.1. The van der Waals surface area contributed by atoms with Crippen molar-refractivity contribution in [2.75, 3.05) is 6.54 Å². The number of amides is 1. The van der Waals surface area contributed by atoms with Crippen LogP contribution in [0.2, 0.25) is 5.02 Å². The van der Waals surface area contributed by atoms with Crippen LogP contribution >= 0.6 is 11.6 Å². The smallest absolute Gasteiger partial charge is 0.351 e. The molecule has 3 N–H and O–H groups in total. The number of carboxylic acids is 1. The molecule has 2 rings (SSSR count). The van der Waals surface area contributed by atoms with Crippen molar-refractivity contribution in [2.24, 2.45) is 5.73 Å². The zero-order valence-corrected chi connectivity index (χ0v) is 11.9. The van der Waals surface area contributed by atoms with E-state index in [1.54, 1.807) is 11.0 Å². The first kappa shape index (κ1) is 15.3. The number of nitrogens with zero attached hydrogens (tertiary/aromatic N) is 1. The molecule has 1 aromatic carbocycles. The van der Waals surface area contributed by atoms with Crippen LogP contribution in [0, 0.1) is 5.82 Å². The second-order valence-electron chi connectivity index (χ2n) is 4.81. The molecule has 0 radical (unpaired) electrons. The minimum atomic E-state index is -1.21. The highest BCUT2D eigenvalue weighted by Crippen LogP contribution is 2.23. The van der Waals surface area contributed by atoms with Crippen LogP contribution in [0.25, 0.3) is 0 Å². The number of benzene rings is 1. The van der Waals surface area contributed by atoms with Gasteiger partial charge in [-0.1, -0.05) is 17.7 Å². The van der Waals surface area contributed by atoms with Crippen LogP contribution in [0.3, 0.4) is 0 Å². The third kappa shape index (κ3) is 3.52. The average molecular weight is 313 g/mol. The lowest BCUT2D eigenvalue weighted by molar-refractivity contribution is -0.133. The molecule has 0 bridgehead atoms. The van der Waals surface area contributed by atoms with Gasteiger partial charge in [0.25, 0.3) is 0 Å². The molecule has 21 heavy (non-hydrogen) atoms. The van der Waals surface area contributed by atoms with Crippen molar-refractivity contribution in [3.63, 3.8) is 0 Å². The number of carbonyl (C=O) groups is 2. The monoisotopic (exact) mass is 312 g/mol. The van der Waals surface area contributed by atoms with E-state index in [-0.39, 0.29) is 23.0 Å². The number of hydrogen-bond acceptors (Lipinski definition) is 3. The molecule has 0 saturated carbocycles. The normalized spacial score (nSPS) is 17.8. The van der Waals surface area contributed by atoms with Crippen molar-refractivity contribution >= 4 is 23.5 Å². The Morgan fingerprint density at radius 1 is 1.48 bits per heavy atom. The van der Waals surface area contributed by atoms with Crippen molar-refractivity contribution in [1.29, 1.82) is 0 Å². The highest BCUT2D eigenvalue weighted by atomic mass is 35.5. The molecule has 0 atom stereocenters. The highest BCUT2D eigenvalue weighted by molar-refractivity contribution is 6.30. The molecule has 5 nitrogen and oxygen atoms in total. The van der Waals surface area contributed by atoms with Crippen LogP contribution < -0.4 is 5.73 Å². The van der Waals surface area contributed by atoms with E-state index in [2.05, 4.69) is 0 Å². The van der Waals surface area contributed by atoms with Crippen LogP contribution in [0.15, 0.2) is 29.5 Å². The first-order chi connectivity index (χ1) is 9.88. The second-order valence-corrected chi connectivity index (χ2v) is 5.22. The van der Waals surface area contributed by atoms with Gasteiger partial charge in [-0.3, -0.25) is 4.79 Å². The van der Waals surface area contributed by atoms with E-state index in [4.69, 9.17) is 22.4 Å². The van der Waals surface area contributed by atoms with Gasteiger partial charge >= 0.3 is 5.97 Å². The molecular weight excluding hydrogens is 299 g/mol. The summed E-state index contributed by atoms with van der Waals surface area (Å²) in [5.41, 5.74) is 6.34. The number of rotatable bonds is 3. The molecule has 1 aromatic rings. The summed E-state index contributed by atoms with van der Waals surface area (Å²) in [5, 5.41) is 8.83. The van der Waals surface area contributed by atoms with E-state index >= 15 is 0 Å². The van der Waals surface area contributed by atoms with Crippen molar-refractivity contribution in [3.05, 3.63) is 45.9 Å². The molecule has 1 fully saturated rings. The van der Waals surface area contributed by atoms with Crippen LogP contribution in [0.1, 0.15) is 18.4 Å². The lowest BCUT2D eigenvalue weighted by Crippen LogP contribution is -2.36. The minimum Gasteiger partial charge on any atom is -0.477 e. The summed E-state index contributed by atoms with van der Waals surface area (Å²) in [5.74, 6) is -1.93. The number of likely N-dealkylation sites (tertiary alicyclic amines) is 1. The SMILES string of the molecule is N/C(C(=O)O)=C1/CCN(Cc2ccc(F)c(Cl)c2)C(=O)C1. The Hall–Kier alpha value is -2.08. The first-order valence-corrected chi connectivity index (χ1v) is 6.68. The topological polar surface area (TPSA) is 83.6 Å². The number of piperidine rings is 1. The van der Waals surface area contributed by atoms with Crippen LogP contribution in [0.5, 0.6) is 0 Å². The van der Waals surface area contributed by atoms with Gasteiger partial charge in [-0.25, -0.2) is 9.18 Å². The van der Waals surface area contributed by atoms with Crippen molar-refractivity contribution in [3.8, 4) is 0 Å². The van der Waals surface area contributed by atoms with Crippen LogP contribution in [-0.4, -0.2) is 28.4 Å². The van der Waals surface area contributed by atoms with Crippen molar-refractivity contribution in [1.82, 2.24) is 4.90 Å². The lowest BCUT2D eigenvalue weighted by Gasteiger charge is -2.29. The maximum Gasteiger partial charge on any atom is 0.351 e. The summed E-state index contributed by atoms with van der Waals surface area (Å²) in [6.07, 6.45) is 0.409. The van der Waals surface area contributed by atoms with Crippen LogP contribution in [0.4, 0.5) is 4.39 Å². The van der Waals surface area contributed by atoms with E-state index in [0.29, 0.717) is 30.6 Å². The van der Waals surface area contributed by atoms with Gasteiger partial charge in [-0.15, -0.1) is 0 Å². The predicted molar refractivity (Wildman–Crippen MR) is 74.9 cm³/mol. The Bertz CT molecular complexity index is 631. The quantitative estimate of drug-likeness (QED) is 0.835. The Labute approximate surface area is 125 Å². The summed E-state index contributed by atoms with van der Waals surface area (Å²) in [6, 6.07) is 4.28. The lowest BCUT2D eigenvalue weighted by atomic mass is 10.0. The minimum absolute atomic E-state index is 0.00688.